The van der Waals surface area contributed by atoms with Gasteiger partial charge in [0.25, 0.3) is 5.91 Å². The molecule has 3 heterocycles. The summed E-state index contributed by atoms with van der Waals surface area (Å²) >= 11 is 7.04. The molecule has 1 N–H and O–H groups in total. The maximum Gasteiger partial charge on any atom is 0.413 e. The number of ether oxygens (including phenoxy) is 1. The van der Waals surface area contributed by atoms with E-state index in [2.05, 4.69) is 23.3 Å². The first-order valence-corrected chi connectivity index (χ1v) is 10.5. The molecule has 1 fully saturated rings. The summed E-state index contributed by atoms with van der Waals surface area (Å²) in [6, 6.07) is 9.23. The van der Waals surface area contributed by atoms with E-state index >= 15 is 0 Å². The second-order valence-corrected chi connectivity index (χ2v) is 8.98. The molecule has 0 aliphatic carbocycles. The highest BCUT2D eigenvalue weighted by atomic mass is 35.5. The smallest absolute Gasteiger partial charge is 0.399 e. The lowest BCUT2D eigenvalue weighted by atomic mass is 9.97. The van der Waals surface area contributed by atoms with Crippen molar-refractivity contribution in [3.05, 3.63) is 51.4 Å². The van der Waals surface area contributed by atoms with Crippen molar-refractivity contribution in [2.24, 2.45) is 0 Å². The minimum Gasteiger partial charge on any atom is -0.399 e. The first-order chi connectivity index (χ1) is 13.5. The number of rotatable bonds is 3. The largest absolute Gasteiger partial charge is 0.413 e. The third kappa shape index (κ3) is 4.32. The summed E-state index contributed by atoms with van der Waals surface area (Å²) in [5.41, 5.74) is 3.28. The number of likely N-dealkylation sites (N-methyl/N-ethyl adjacent to an activating group) is 1. The van der Waals surface area contributed by atoms with Crippen molar-refractivity contribution in [2.75, 3.05) is 26.7 Å². The normalized spacial score (nSPS) is 19.4. The SMILES string of the molecule is CN1CCc2cc(C(=O)N3CC[C@H](NC(=O)Oc4ccc(Cl)s4)C3)ccc2C1. The predicted octanol–water partition coefficient (Wildman–Crippen LogP) is 3.39. The van der Waals surface area contributed by atoms with E-state index in [4.69, 9.17) is 16.3 Å². The molecule has 1 atom stereocenters. The van der Waals surface area contributed by atoms with E-state index in [0.29, 0.717) is 28.9 Å². The van der Waals surface area contributed by atoms with Crippen molar-refractivity contribution in [1.82, 2.24) is 15.1 Å². The van der Waals surface area contributed by atoms with Crippen LogP contribution in [0.4, 0.5) is 4.79 Å². The molecule has 4 rings (SSSR count). The van der Waals surface area contributed by atoms with E-state index in [1.165, 1.54) is 22.5 Å². The molecular formula is C20H22ClN3O3S. The van der Waals surface area contributed by atoms with Gasteiger partial charge in [-0.15, -0.1) is 0 Å². The maximum absolute atomic E-state index is 12.9. The van der Waals surface area contributed by atoms with E-state index < -0.39 is 6.09 Å². The zero-order chi connectivity index (χ0) is 19.7. The molecule has 0 radical (unpaired) electrons. The van der Waals surface area contributed by atoms with E-state index in [9.17, 15) is 9.59 Å². The van der Waals surface area contributed by atoms with Gasteiger partial charge in [-0.2, -0.15) is 0 Å². The van der Waals surface area contributed by atoms with E-state index in [0.717, 1.165) is 25.1 Å². The highest BCUT2D eigenvalue weighted by Crippen LogP contribution is 2.28. The van der Waals surface area contributed by atoms with Crippen LogP contribution in [0.5, 0.6) is 5.06 Å². The molecule has 1 aromatic heterocycles. The molecule has 1 aromatic carbocycles. The molecule has 8 heteroatoms. The number of thiophene rings is 1. The van der Waals surface area contributed by atoms with Crippen LogP contribution in [0, 0.1) is 0 Å². The maximum atomic E-state index is 12.9. The number of likely N-dealkylation sites (tertiary alicyclic amines) is 1. The van der Waals surface area contributed by atoms with Gasteiger partial charge in [-0.3, -0.25) is 4.79 Å². The zero-order valence-electron chi connectivity index (χ0n) is 15.6. The van der Waals surface area contributed by atoms with Crippen LogP contribution in [0.2, 0.25) is 4.34 Å². The summed E-state index contributed by atoms with van der Waals surface area (Å²) in [6.45, 7) is 3.04. The van der Waals surface area contributed by atoms with Gasteiger partial charge in [0.05, 0.1) is 10.4 Å². The number of halogens is 1. The van der Waals surface area contributed by atoms with Crippen LogP contribution in [0.25, 0.3) is 0 Å². The lowest BCUT2D eigenvalue weighted by Crippen LogP contribution is -2.39. The average molecular weight is 420 g/mol. The van der Waals surface area contributed by atoms with Gasteiger partial charge in [0.15, 0.2) is 5.06 Å². The van der Waals surface area contributed by atoms with E-state index in [-0.39, 0.29) is 11.9 Å². The molecule has 0 bridgehead atoms. The number of carbonyl (C=O) groups excluding carboxylic acids is 2. The highest BCUT2D eigenvalue weighted by molar-refractivity contribution is 7.17. The molecule has 148 valence electrons. The zero-order valence-corrected chi connectivity index (χ0v) is 17.2. The lowest BCUT2D eigenvalue weighted by Gasteiger charge is -2.25. The first kappa shape index (κ1) is 19.2. The number of carbonyl (C=O) groups is 2. The molecule has 1 saturated heterocycles. The summed E-state index contributed by atoms with van der Waals surface area (Å²) in [4.78, 5) is 29.0. The summed E-state index contributed by atoms with van der Waals surface area (Å²) in [5.74, 6) is 0.0180. The number of hydrogen-bond acceptors (Lipinski definition) is 5. The van der Waals surface area contributed by atoms with Gasteiger partial charge < -0.3 is 19.9 Å². The van der Waals surface area contributed by atoms with Gasteiger partial charge in [-0.05, 0) is 55.3 Å². The van der Waals surface area contributed by atoms with Crippen LogP contribution in [0.15, 0.2) is 30.3 Å². The molecule has 2 amide bonds. The van der Waals surface area contributed by atoms with Crippen molar-refractivity contribution in [1.29, 1.82) is 0 Å². The second-order valence-electron chi connectivity index (χ2n) is 7.30. The Bertz CT molecular complexity index is 901. The van der Waals surface area contributed by atoms with Crippen molar-refractivity contribution in [2.45, 2.75) is 25.4 Å². The van der Waals surface area contributed by atoms with Gasteiger partial charge in [0.1, 0.15) is 0 Å². The molecule has 28 heavy (non-hydrogen) atoms. The molecule has 0 spiro atoms. The summed E-state index contributed by atoms with van der Waals surface area (Å²) in [6.07, 6.45) is 1.16. The Labute approximate surface area is 173 Å². The Kier molecular flexibility index (Phi) is 5.57. The molecule has 2 aromatic rings. The predicted molar refractivity (Wildman–Crippen MR) is 109 cm³/mol. The number of hydrogen-bond donors (Lipinski definition) is 1. The number of nitrogens with one attached hydrogen (secondary N) is 1. The molecule has 0 saturated carbocycles. The number of fused-ring (bicyclic) bond motifs is 1. The Hall–Kier alpha value is -2.09. The van der Waals surface area contributed by atoms with Gasteiger partial charge >= 0.3 is 6.09 Å². The third-order valence-corrected chi connectivity index (χ3v) is 6.30. The molecule has 2 aliphatic rings. The number of amides is 2. The third-order valence-electron chi connectivity index (χ3n) is 5.20. The minimum absolute atomic E-state index is 0.0180. The standard InChI is InChI=1S/C20H22ClN3O3S/c1-23-8-6-13-10-14(2-3-15(13)11-23)19(25)24-9-7-16(12-24)22-20(26)27-18-5-4-17(21)28-18/h2-5,10,16H,6-9,11-12H2,1H3,(H,22,26)/t16-/m0/s1. The molecule has 2 aliphatic heterocycles. The van der Waals surface area contributed by atoms with Crippen molar-refractivity contribution < 1.29 is 14.3 Å². The summed E-state index contributed by atoms with van der Waals surface area (Å²) in [5, 5.41) is 3.28. The van der Waals surface area contributed by atoms with Crippen LogP contribution < -0.4 is 10.1 Å². The van der Waals surface area contributed by atoms with Crippen LogP contribution in [-0.2, 0) is 13.0 Å². The number of benzene rings is 1. The van der Waals surface area contributed by atoms with E-state index in [1.54, 1.807) is 17.0 Å². The Balaban J connectivity index is 1.33. The lowest BCUT2D eigenvalue weighted by molar-refractivity contribution is 0.0788. The Morgan fingerprint density at radius 1 is 1.21 bits per heavy atom. The molecule has 6 nitrogen and oxygen atoms in total. The fourth-order valence-corrected chi connectivity index (χ4v) is 4.59. The Morgan fingerprint density at radius 2 is 2.07 bits per heavy atom. The van der Waals surface area contributed by atoms with Gasteiger partial charge in [-0.25, -0.2) is 4.79 Å². The summed E-state index contributed by atoms with van der Waals surface area (Å²) in [7, 11) is 2.11. The van der Waals surface area contributed by atoms with Crippen LogP contribution in [0.1, 0.15) is 27.9 Å². The van der Waals surface area contributed by atoms with Crippen LogP contribution in [0.3, 0.4) is 0 Å². The van der Waals surface area contributed by atoms with Crippen LogP contribution >= 0.6 is 22.9 Å². The topological polar surface area (TPSA) is 61.9 Å². The van der Waals surface area contributed by atoms with E-state index in [1.807, 2.05) is 12.1 Å². The van der Waals surface area contributed by atoms with Gasteiger partial charge in [0.2, 0.25) is 0 Å². The van der Waals surface area contributed by atoms with Gasteiger partial charge in [0, 0.05) is 31.7 Å². The van der Waals surface area contributed by atoms with Crippen molar-refractivity contribution in [3.63, 3.8) is 0 Å². The van der Waals surface area contributed by atoms with Crippen molar-refractivity contribution >= 4 is 34.9 Å². The quantitative estimate of drug-likeness (QED) is 0.828. The fourth-order valence-electron chi connectivity index (χ4n) is 3.71. The average Bonchev–Trinajstić information content (AvgIpc) is 3.29. The second kappa shape index (κ2) is 8.11. The Morgan fingerprint density at radius 3 is 2.86 bits per heavy atom. The van der Waals surface area contributed by atoms with Crippen molar-refractivity contribution in [3.8, 4) is 5.06 Å². The fraction of sp³-hybridized carbons (Fsp3) is 0.400. The highest BCUT2D eigenvalue weighted by Gasteiger charge is 2.29. The summed E-state index contributed by atoms with van der Waals surface area (Å²) < 4.78 is 5.79. The monoisotopic (exact) mass is 419 g/mol. The first-order valence-electron chi connectivity index (χ1n) is 9.31. The number of nitrogens with zero attached hydrogens (tertiary/aromatic N) is 2. The minimum atomic E-state index is -0.518. The van der Waals surface area contributed by atoms with Gasteiger partial charge in [-0.1, -0.05) is 29.0 Å². The molecular weight excluding hydrogens is 398 g/mol. The molecule has 0 unspecified atom stereocenters. The van der Waals surface area contributed by atoms with Crippen LogP contribution in [-0.4, -0.2) is 54.5 Å².